The van der Waals surface area contributed by atoms with E-state index in [1.165, 1.54) is 17.3 Å². The molecular weight excluding hydrogens is 168 g/mol. The van der Waals surface area contributed by atoms with E-state index < -0.39 is 0 Å². The molecular formula is C9H9N2S. The molecule has 2 rings (SSSR count). The molecule has 0 saturated heterocycles. The molecule has 0 amide bonds. The van der Waals surface area contributed by atoms with Gasteiger partial charge in [0.15, 0.2) is 5.16 Å². The zero-order valence-corrected chi connectivity index (χ0v) is 7.61. The first-order valence-corrected chi connectivity index (χ1v) is 4.67. The molecule has 1 aromatic heterocycles. The van der Waals surface area contributed by atoms with Crippen LogP contribution in [0, 0.1) is 13.2 Å². The summed E-state index contributed by atoms with van der Waals surface area (Å²) in [6.07, 6.45) is 3.70. The molecule has 0 atom stereocenters. The Labute approximate surface area is 75.4 Å². The lowest BCUT2D eigenvalue weighted by molar-refractivity contribution is 1.09. The Balaban J connectivity index is 2.74. The van der Waals surface area contributed by atoms with E-state index in [0.29, 0.717) is 0 Å². The van der Waals surface area contributed by atoms with Gasteiger partial charge >= 0.3 is 0 Å². The van der Waals surface area contributed by atoms with Gasteiger partial charge in [0, 0.05) is 6.26 Å². The Hall–Kier alpha value is -0.960. The van der Waals surface area contributed by atoms with E-state index in [0.717, 1.165) is 16.2 Å². The number of aromatic nitrogens is 2. The van der Waals surface area contributed by atoms with Crippen molar-refractivity contribution in [1.29, 1.82) is 0 Å². The van der Waals surface area contributed by atoms with Gasteiger partial charge in [-0.2, -0.15) is 0 Å². The highest BCUT2D eigenvalue weighted by Gasteiger charge is 2.02. The first-order chi connectivity index (χ1) is 5.81. The van der Waals surface area contributed by atoms with Crippen molar-refractivity contribution in [1.82, 2.24) is 9.97 Å². The minimum Gasteiger partial charge on any atom is -0.333 e. The number of imidazole rings is 1. The quantitative estimate of drug-likeness (QED) is 0.678. The second-order valence-corrected chi connectivity index (χ2v) is 3.33. The Morgan fingerprint density at radius 1 is 1.50 bits per heavy atom. The van der Waals surface area contributed by atoms with Crippen molar-refractivity contribution in [3.05, 3.63) is 30.0 Å². The fourth-order valence-electron chi connectivity index (χ4n) is 1.22. The Morgan fingerprint density at radius 2 is 2.33 bits per heavy atom. The number of H-pyrrole nitrogens is 1. The standard InChI is InChI=1S/C9H9N2S/c1-6-4-3-5-7-8(6)11-9(10-7)12-2/h3-5H,2H2,1H3,(H,10,11). The van der Waals surface area contributed by atoms with Crippen molar-refractivity contribution in [3.8, 4) is 0 Å². The lowest BCUT2D eigenvalue weighted by atomic mass is 10.2. The third-order valence-electron chi connectivity index (χ3n) is 1.83. The summed E-state index contributed by atoms with van der Waals surface area (Å²) >= 11 is 1.39. The molecule has 0 aliphatic carbocycles. The van der Waals surface area contributed by atoms with Gasteiger partial charge in [-0.15, -0.1) is 0 Å². The lowest BCUT2D eigenvalue weighted by Crippen LogP contribution is -1.74. The van der Waals surface area contributed by atoms with E-state index in [-0.39, 0.29) is 0 Å². The van der Waals surface area contributed by atoms with Crippen LogP contribution in [0.15, 0.2) is 23.4 Å². The molecule has 0 aliphatic heterocycles. The van der Waals surface area contributed by atoms with E-state index >= 15 is 0 Å². The number of aromatic amines is 1. The number of benzene rings is 1. The molecule has 2 aromatic rings. The number of rotatable bonds is 1. The van der Waals surface area contributed by atoms with Crippen molar-refractivity contribution in [2.24, 2.45) is 0 Å². The average Bonchev–Trinajstić information content (AvgIpc) is 2.49. The Bertz CT molecular complexity index is 406. The van der Waals surface area contributed by atoms with Gasteiger partial charge in [0.25, 0.3) is 0 Å². The molecule has 0 spiro atoms. The fraction of sp³-hybridized carbons (Fsp3) is 0.111. The zero-order valence-electron chi connectivity index (χ0n) is 6.79. The monoisotopic (exact) mass is 177 g/mol. The Kier molecular flexibility index (Phi) is 1.81. The summed E-state index contributed by atoms with van der Waals surface area (Å²) in [5.41, 5.74) is 3.33. The highest BCUT2D eigenvalue weighted by Crippen LogP contribution is 2.20. The van der Waals surface area contributed by atoms with Gasteiger partial charge in [-0.25, -0.2) is 4.98 Å². The molecule has 1 heterocycles. The van der Waals surface area contributed by atoms with Gasteiger partial charge in [0.05, 0.1) is 11.0 Å². The number of aryl methyl sites for hydroxylation is 1. The Morgan fingerprint density at radius 3 is 3.00 bits per heavy atom. The number of nitrogens with zero attached hydrogens (tertiary/aromatic N) is 1. The summed E-state index contributed by atoms with van der Waals surface area (Å²) in [4.78, 5) is 7.55. The van der Waals surface area contributed by atoms with Crippen LogP contribution in [0.5, 0.6) is 0 Å². The van der Waals surface area contributed by atoms with Gasteiger partial charge in [0.2, 0.25) is 0 Å². The van der Waals surface area contributed by atoms with E-state index in [1.54, 1.807) is 0 Å². The van der Waals surface area contributed by atoms with Crippen molar-refractivity contribution in [2.75, 3.05) is 0 Å². The van der Waals surface area contributed by atoms with E-state index in [4.69, 9.17) is 0 Å². The second-order valence-electron chi connectivity index (χ2n) is 2.66. The molecule has 2 nitrogen and oxygen atoms in total. The number of hydrogen-bond donors (Lipinski definition) is 1. The third-order valence-corrected chi connectivity index (χ3v) is 2.30. The van der Waals surface area contributed by atoms with Crippen molar-refractivity contribution in [3.63, 3.8) is 0 Å². The largest absolute Gasteiger partial charge is 0.333 e. The highest BCUT2D eigenvalue weighted by atomic mass is 32.2. The van der Waals surface area contributed by atoms with Crippen LogP contribution in [0.2, 0.25) is 0 Å². The molecule has 61 valence electrons. The molecule has 0 fully saturated rings. The van der Waals surface area contributed by atoms with Gasteiger partial charge < -0.3 is 4.98 Å². The SMILES string of the molecule is [CH2]Sc1nc2c(C)cccc2[nH]1. The summed E-state index contributed by atoms with van der Waals surface area (Å²) in [6.45, 7) is 2.06. The molecule has 0 aliphatic rings. The van der Waals surface area contributed by atoms with Crippen LogP contribution in [-0.2, 0) is 0 Å². The highest BCUT2D eigenvalue weighted by molar-refractivity contribution is 8.00. The summed E-state index contributed by atoms with van der Waals surface area (Å²) in [5, 5.41) is 0.874. The molecule has 1 aromatic carbocycles. The normalized spacial score (nSPS) is 10.8. The van der Waals surface area contributed by atoms with Crippen molar-refractivity contribution in [2.45, 2.75) is 12.1 Å². The van der Waals surface area contributed by atoms with Crippen LogP contribution in [0.4, 0.5) is 0 Å². The van der Waals surface area contributed by atoms with Gasteiger partial charge in [-0.3, -0.25) is 0 Å². The predicted octanol–water partition coefficient (Wildman–Crippen LogP) is 2.76. The van der Waals surface area contributed by atoms with E-state index in [2.05, 4.69) is 29.2 Å². The molecule has 0 unspecified atom stereocenters. The summed E-state index contributed by atoms with van der Waals surface area (Å²) < 4.78 is 0. The molecule has 3 heteroatoms. The van der Waals surface area contributed by atoms with E-state index in [1.807, 2.05) is 12.1 Å². The number of hydrogen-bond acceptors (Lipinski definition) is 2. The number of thioether (sulfide) groups is 1. The minimum atomic E-state index is 0.874. The van der Waals surface area contributed by atoms with Crippen LogP contribution < -0.4 is 0 Å². The maximum absolute atomic E-state index is 4.38. The molecule has 1 N–H and O–H groups in total. The molecule has 0 bridgehead atoms. The van der Waals surface area contributed by atoms with Crippen LogP contribution in [0.25, 0.3) is 11.0 Å². The lowest BCUT2D eigenvalue weighted by Gasteiger charge is -1.90. The molecule has 1 radical (unpaired) electrons. The average molecular weight is 177 g/mol. The first-order valence-electron chi connectivity index (χ1n) is 3.68. The molecule has 12 heavy (non-hydrogen) atoms. The van der Waals surface area contributed by atoms with Crippen LogP contribution >= 0.6 is 11.8 Å². The fourth-order valence-corrected chi connectivity index (χ4v) is 1.56. The van der Waals surface area contributed by atoms with Gasteiger partial charge in [0.1, 0.15) is 0 Å². The summed E-state index contributed by atoms with van der Waals surface area (Å²) in [6, 6.07) is 6.10. The second kappa shape index (κ2) is 2.83. The first kappa shape index (κ1) is 7.68. The van der Waals surface area contributed by atoms with Crippen molar-refractivity contribution < 1.29 is 0 Å². The van der Waals surface area contributed by atoms with E-state index in [9.17, 15) is 0 Å². The summed E-state index contributed by atoms with van der Waals surface area (Å²) in [7, 11) is 0. The smallest absolute Gasteiger partial charge is 0.166 e. The topological polar surface area (TPSA) is 28.7 Å². The van der Waals surface area contributed by atoms with Crippen molar-refractivity contribution >= 4 is 22.8 Å². The van der Waals surface area contributed by atoms with Crippen LogP contribution in [-0.4, -0.2) is 9.97 Å². The number of nitrogens with one attached hydrogen (secondary N) is 1. The maximum Gasteiger partial charge on any atom is 0.166 e. The number of para-hydroxylation sites is 1. The van der Waals surface area contributed by atoms with Gasteiger partial charge in [-0.05, 0) is 18.6 Å². The minimum absolute atomic E-state index is 0.874. The molecule has 0 saturated carbocycles. The zero-order chi connectivity index (χ0) is 8.55. The van der Waals surface area contributed by atoms with Gasteiger partial charge in [-0.1, -0.05) is 23.9 Å². The summed E-state index contributed by atoms with van der Waals surface area (Å²) in [5.74, 6) is 0. The predicted molar refractivity (Wildman–Crippen MR) is 52.0 cm³/mol. The third kappa shape index (κ3) is 1.10. The maximum atomic E-state index is 4.38. The van der Waals surface area contributed by atoms with Crippen LogP contribution in [0.3, 0.4) is 0 Å². The van der Waals surface area contributed by atoms with Crippen LogP contribution in [0.1, 0.15) is 5.56 Å². The number of fused-ring (bicyclic) bond motifs is 1.